The topological polar surface area (TPSA) is 59.8 Å². The number of benzene rings is 2. The zero-order valence-corrected chi connectivity index (χ0v) is 16.5. The lowest BCUT2D eigenvalue weighted by molar-refractivity contribution is -0.143. The number of nitrogens with one attached hydrogen (secondary N) is 1. The minimum atomic E-state index is -4.77. The Morgan fingerprint density at radius 3 is 2.57 bits per heavy atom. The van der Waals surface area contributed by atoms with Gasteiger partial charge in [0, 0.05) is 22.8 Å². The van der Waals surface area contributed by atoms with Crippen LogP contribution in [0.1, 0.15) is 21.6 Å². The number of hydrogen-bond donors (Lipinski definition) is 1. The summed E-state index contributed by atoms with van der Waals surface area (Å²) in [5.74, 6) is -0.892. The largest absolute Gasteiger partial charge is 0.434 e. The minimum absolute atomic E-state index is 0.220. The van der Waals surface area contributed by atoms with Crippen molar-refractivity contribution in [2.75, 3.05) is 5.32 Å². The predicted molar refractivity (Wildman–Crippen MR) is 109 cm³/mol. The highest BCUT2D eigenvalue weighted by atomic mass is 32.1. The molecule has 0 saturated heterocycles. The smallest absolute Gasteiger partial charge is 0.322 e. The van der Waals surface area contributed by atoms with Crippen LogP contribution in [0.2, 0.25) is 0 Å². The lowest BCUT2D eigenvalue weighted by Gasteiger charge is -2.13. The van der Waals surface area contributed by atoms with E-state index < -0.39 is 23.3 Å². The van der Waals surface area contributed by atoms with E-state index in [1.807, 2.05) is 18.4 Å². The van der Waals surface area contributed by atoms with E-state index in [1.54, 1.807) is 36.5 Å². The van der Waals surface area contributed by atoms with Crippen LogP contribution < -0.4 is 5.32 Å². The molecule has 0 unspecified atom stereocenters. The van der Waals surface area contributed by atoms with Crippen LogP contribution >= 0.6 is 11.3 Å². The standard InChI is InChI=1S/C21H15F3N4OS/c1-13-5-7-16(8-6-13)28-18(21(22,23)24)17(12-26-28)19(29)27-15-4-2-3-14(11-15)20-25-9-10-30-20/h2-12H,1H3,(H,27,29). The molecule has 1 N–H and O–H groups in total. The van der Waals surface area contributed by atoms with E-state index in [0.717, 1.165) is 27.0 Å². The van der Waals surface area contributed by atoms with Gasteiger partial charge in [0.15, 0.2) is 5.69 Å². The average molecular weight is 428 g/mol. The summed E-state index contributed by atoms with van der Waals surface area (Å²) in [5, 5.41) is 8.92. The summed E-state index contributed by atoms with van der Waals surface area (Å²) in [6.07, 6.45) is -2.18. The van der Waals surface area contributed by atoms with Crippen molar-refractivity contribution in [3.05, 3.63) is 83.1 Å². The summed E-state index contributed by atoms with van der Waals surface area (Å²) in [6, 6.07) is 13.2. The van der Waals surface area contributed by atoms with E-state index in [0.29, 0.717) is 5.69 Å². The Balaban J connectivity index is 1.68. The van der Waals surface area contributed by atoms with Gasteiger partial charge in [-0.05, 0) is 31.2 Å². The number of amides is 1. The van der Waals surface area contributed by atoms with Crippen molar-refractivity contribution in [3.8, 4) is 16.3 Å². The van der Waals surface area contributed by atoms with Crippen molar-refractivity contribution in [1.82, 2.24) is 14.8 Å². The Hall–Kier alpha value is -3.46. The summed E-state index contributed by atoms with van der Waals surface area (Å²) in [5.41, 5.74) is 0.566. The van der Waals surface area contributed by atoms with E-state index in [4.69, 9.17) is 0 Å². The van der Waals surface area contributed by atoms with Crippen LogP contribution in [0.15, 0.2) is 66.3 Å². The van der Waals surface area contributed by atoms with Crippen LogP contribution in [-0.4, -0.2) is 20.7 Å². The molecule has 30 heavy (non-hydrogen) atoms. The van der Waals surface area contributed by atoms with Crippen LogP contribution in [-0.2, 0) is 6.18 Å². The zero-order chi connectivity index (χ0) is 21.3. The van der Waals surface area contributed by atoms with Crippen molar-refractivity contribution in [1.29, 1.82) is 0 Å². The SMILES string of the molecule is Cc1ccc(-n2ncc(C(=O)Nc3cccc(-c4nccs4)c3)c2C(F)(F)F)cc1. The highest BCUT2D eigenvalue weighted by Gasteiger charge is 2.40. The minimum Gasteiger partial charge on any atom is -0.322 e. The number of thiazole rings is 1. The molecule has 0 spiro atoms. The molecule has 9 heteroatoms. The molecule has 2 heterocycles. The molecule has 0 atom stereocenters. The summed E-state index contributed by atoms with van der Waals surface area (Å²) in [4.78, 5) is 16.9. The van der Waals surface area contributed by atoms with Crippen molar-refractivity contribution in [3.63, 3.8) is 0 Å². The number of aromatic nitrogens is 3. The zero-order valence-electron chi connectivity index (χ0n) is 15.6. The summed E-state index contributed by atoms with van der Waals surface area (Å²) >= 11 is 1.42. The molecule has 0 fully saturated rings. The molecule has 0 radical (unpaired) electrons. The number of rotatable bonds is 4. The third-order valence-electron chi connectivity index (χ3n) is 4.36. The molecule has 1 amide bonds. The maximum absolute atomic E-state index is 13.8. The maximum Gasteiger partial charge on any atom is 0.434 e. The monoisotopic (exact) mass is 428 g/mol. The first-order chi connectivity index (χ1) is 14.3. The van der Waals surface area contributed by atoms with Gasteiger partial charge in [0.1, 0.15) is 5.01 Å². The van der Waals surface area contributed by atoms with Gasteiger partial charge in [-0.15, -0.1) is 11.3 Å². The molecule has 4 rings (SSSR count). The Morgan fingerprint density at radius 2 is 1.90 bits per heavy atom. The lowest BCUT2D eigenvalue weighted by Crippen LogP contribution is -2.20. The molecule has 0 aliphatic carbocycles. The van der Waals surface area contributed by atoms with Crippen LogP contribution in [0.3, 0.4) is 0 Å². The first-order valence-corrected chi connectivity index (χ1v) is 9.74. The number of anilines is 1. The third kappa shape index (κ3) is 3.97. The molecule has 0 aliphatic heterocycles. The Labute approximate surface area is 173 Å². The molecular weight excluding hydrogens is 413 g/mol. The molecule has 2 aromatic carbocycles. The van der Waals surface area contributed by atoms with Gasteiger partial charge in [0.2, 0.25) is 0 Å². The van der Waals surface area contributed by atoms with Crippen molar-refractivity contribution in [2.45, 2.75) is 13.1 Å². The fourth-order valence-corrected chi connectivity index (χ4v) is 3.60. The summed E-state index contributed by atoms with van der Waals surface area (Å²) in [7, 11) is 0. The van der Waals surface area contributed by atoms with Crippen LogP contribution in [0, 0.1) is 6.92 Å². The van der Waals surface area contributed by atoms with Gasteiger partial charge in [0.05, 0.1) is 17.4 Å². The first kappa shape index (κ1) is 19.8. The molecule has 5 nitrogen and oxygen atoms in total. The quantitative estimate of drug-likeness (QED) is 0.462. The third-order valence-corrected chi connectivity index (χ3v) is 5.18. The molecule has 152 valence electrons. The van der Waals surface area contributed by atoms with Gasteiger partial charge in [-0.2, -0.15) is 18.3 Å². The maximum atomic E-state index is 13.8. The fraction of sp³-hybridized carbons (Fsp3) is 0.0952. The Bertz CT molecular complexity index is 1180. The van der Waals surface area contributed by atoms with E-state index in [1.165, 1.54) is 23.5 Å². The van der Waals surface area contributed by atoms with Gasteiger partial charge < -0.3 is 5.32 Å². The van der Waals surface area contributed by atoms with E-state index in [-0.39, 0.29) is 5.69 Å². The van der Waals surface area contributed by atoms with Crippen LogP contribution in [0.5, 0.6) is 0 Å². The van der Waals surface area contributed by atoms with E-state index in [2.05, 4.69) is 15.4 Å². The van der Waals surface area contributed by atoms with Gasteiger partial charge in [0.25, 0.3) is 5.91 Å². The Morgan fingerprint density at radius 1 is 1.13 bits per heavy atom. The highest BCUT2D eigenvalue weighted by Crippen LogP contribution is 2.34. The number of nitrogens with zero attached hydrogens (tertiary/aromatic N) is 3. The van der Waals surface area contributed by atoms with Crippen molar-refractivity contribution in [2.24, 2.45) is 0 Å². The number of halogens is 3. The number of carbonyl (C=O) groups excluding carboxylic acids is 1. The highest BCUT2D eigenvalue weighted by molar-refractivity contribution is 7.13. The van der Waals surface area contributed by atoms with Gasteiger partial charge in [-0.3, -0.25) is 4.79 Å². The fourth-order valence-electron chi connectivity index (χ4n) is 2.96. The summed E-state index contributed by atoms with van der Waals surface area (Å²) in [6.45, 7) is 1.83. The predicted octanol–water partition coefficient (Wildman–Crippen LogP) is 5.58. The number of hydrogen-bond acceptors (Lipinski definition) is 4. The second kappa shape index (κ2) is 7.75. The van der Waals surface area contributed by atoms with E-state index >= 15 is 0 Å². The first-order valence-electron chi connectivity index (χ1n) is 8.86. The number of carbonyl (C=O) groups is 1. The van der Waals surface area contributed by atoms with Crippen LogP contribution in [0.25, 0.3) is 16.3 Å². The van der Waals surface area contributed by atoms with Crippen LogP contribution in [0.4, 0.5) is 18.9 Å². The van der Waals surface area contributed by atoms with Crippen molar-refractivity contribution < 1.29 is 18.0 Å². The van der Waals surface area contributed by atoms with Gasteiger partial charge >= 0.3 is 6.18 Å². The average Bonchev–Trinajstić information content (AvgIpc) is 3.39. The molecule has 2 aromatic heterocycles. The normalized spacial score (nSPS) is 11.5. The van der Waals surface area contributed by atoms with E-state index in [9.17, 15) is 18.0 Å². The Kier molecular flexibility index (Phi) is 5.13. The molecule has 0 bridgehead atoms. The molecule has 0 saturated carbocycles. The van der Waals surface area contributed by atoms with Gasteiger partial charge in [-0.25, -0.2) is 9.67 Å². The van der Waals surface area contributed by atoms with Crippen molar-refractivity contribution >= 4 is 22.9 Å². The second-order valence-corrected chi connectivity index (χ2v) is 7.42. The molecule has 4 aromatic rings. The number of alkyl halides is 3. The molecule has 0 aliphatic rings. The van der Waals surface area contributed by atoms with Gasteiger partial charge in [-0.1, -0.05) is 29.8 Å². The lowest BCUT2D eigenvalue weighted by atomic mass is 10.1. The second-order valence-electron chi connectivity index (χ2n) is 6.52. The number of aryl methyl sites for hydroxylation is 1. The summed E-state index contributed by atoms with van der Waals surface area (Å²) < 4.78 is 42.2. The molecular formula is C21H15F3N4OS.